The van der Waals surface area contributed by atoms with Crippen LogP contribution in [0, 0.1) is 11.7 Å². The maximum atomic E-state index is 13.1. The van der Waals surface area contributed by atoms with E-state index in [9.17, 15) is 4.39 Å². The van der Waals surface area contributed by atoms with Gasteiger partial charge in [0.25, 0.3) is 0 Å². The molecule has 0 aliphatic carbocycles. The topological polar surface area (TPSA) is 26.0 Å². The number of benzene rings is 1. The smallest absolute Gasteiger partial charge is 0.123 e. The lowest BCUT2D eigenvalue weighted by molar-refractivity contribution is 0.517. The third kappa shape index (κ3) is 2.04. The highest BCUT2D eigenvalue weighted by Crippen LogP contribution is 2.39. The summed E-state index contributed by atoms with van der Waals surface area (Å²) in [7, 11) is 0. The van der Waals surface area contributed by atoms with Gasteiger partial charge in [0.05, 0.1) is 0 Å². The zero-order valence-corrected chi connectivity index (χ0v) is 9.85. The van der Waals surface area contributed by atoms with Gasteiger partial charge in [0.1, 0.15) is 5.82 Å². The SMILES string of the molecule is CC(C)C1SCc2ccc(F)cc2C1N. The van der Waals surface area contributed by atoms with Crippen molar-refractivity contribution < 1.29 is 4.39 Å². The molecule has 1 aromatic carbocycles. The molecule has 0 amide bonds. The molecule has 0 aromatic heterocycles. The second-order valence-electron chi connectivity index (χ2n) is 4.39. The lowest BCUT2D eigenvalue weighted by atomic mass is 9.93. The van der Waals surface area contributed by atoms with Crippen LogP contribution in [-0.2, 0) is 5.75 Å². The molecule has 0 saturated heterocycles. The third-order valence-corrected chi connectivity index (χ3v) is 4.61. The van der Waals surface area contributed by atoms with E-state index in [4.69, 9.17) is 5.73 Å². The van der Waals surface area contributed by atoms with E-state index in [1.807, 2.05) is 17.8 Å². The molecule has 0 spiro atoms. The summed E-state index contributed by atoms with van der Waals surface area (Å²) in [5, 5.41) is 0.402. The molecular weight excluding hydrogens is 209 g/mol. The Kier molecular flexibility index (Phi) is 3.03. The number of halogens is 1. The Hall–Kier alpha value is -0.540. The minimum atomic E-state index is -0.182. The van der Waals surface area contributed by atoms with Gasteiger partial charge in [0.15, 0.2) is 0 Å². The minimum Gasteiger partial charge on any atom is -0.323 e. The Balaban J connectivity index is 2.36. The van der Waals surface area contributed by atoms with Gasteiger partial charge in [-0.25, -0.2) is 4.39 Å². The summed E-state index contributed by atoms with van der Waals surface area (Å²) in [4.78, 5) is 0. The first-order valence-electron chi connectivity index (χ1n) is 5.25. The number of rotatable bonds is 1. The van der Waals surface area contributed by atoms with E-state index in [1.165, 1.54) is 11.6 Å². The first-order chi connectivity index (χ1) is 7.09. The second kappa shape index (κ2) is 4.14. The van der Waals surface area contributed by atoms with Crippen LogP contribution in [0.1, 0.15) is 31.0 Å². The van der Waals surface area contributed by atoms with Gasteiger partial charge in [-0.15, -0.1) is 0 Å². The average molecular weight is 225 g/mol. The van der Waals surface area contributed by atoms with E-state index >= 15 is 0 Å². The highest BCUT2D eigenvalue weighted by molar-refractivity contribution is 7.99. The average Bonchev–Trinajstić information content (AvgIpc) is 2.19. The highest BCUT2D eigenvalue weighted by Gasteiger charge is 2.29. The Morgan fingerprint density at radius 2 is 2.20 bits per heavy atom. The molecule has 2 N–H and O–H groups in total. The molecule has 1 aliphatic rings. The predicted molar refractivity (Wildman–Crippen MR) is 63.2 cm³/mol. The van der Waals surface area contributed by atoms with E-state index in [0.29, 0.717) is 11.2 Å². The molecule has 3 heteroatoms. The van der Waals surface area contributed by atoms with Crippen LogP contribution in [0.4, 0.5) is 4.39 Å². The van der Waals surface area contributed by atoms with Crippen LogP contribution in [0.2, 0.25) is 0 Å². The molecule has 2 rings (SSSR count). The number of hydrogen-bond acceptors (Lipinski definition) is 2. The third-order valence-electron chi connectivity index (χ3n) is 2.91. The van der Waals surface area contributed by atoms with Crippen molar-refractivity contribution in [2.24, 2.45) is 11.7 Å². The summed E-state index contributed by atoms with van der Waals surface area (Å²) in [6.45, 7) is 4.34. The summed E-state index contributed by atoms with van der Waals surface area (Å²) in [6.07, 6.45) is 0. The standard InChI is InChI=1S/C12H16FNS/c1-7(2)12-11(14)10-5-9(13)4-3-8(10)6-15-12/h3-5,7,11-12H,6,14H2,1-2H3. The molecular formula is C12H16FNS. The monoisotopic (exact) mass is 225 g/mol. The zero-order valence-electron chi connectivity index (χ0n) is 9.03. The fourth-order valence-corrected chi connectivity index (χ4v) is 3.46. The molecule has 2 atom stereocenters. The molecule has 0 fully saturated rings. The quantitative estimate of drug-likeness (QED) is 0.794. The summed E-state index contributed by atoms with van der Waals surface area (Å²) >= 11 is 1.88. The first-order valence-corrected chi connectivity index (χ1v) is 6.30. The minimum absolute atomic E-state index is 0.0329. The van der Waals surface area contributed by atoms with Crippen LogP contribution >= 0.6 is 11.8 Å². The first kappa shape index (κ1) is 11.0. The molecule has 0 bridgehead atoms. The van der Waals surface area contributed by atoms with Gasteiger partial charge in [-0.3, -0.25) is 0 Å². The van der Waals surface area contributed by atoms with Gasteiger partial charge >= 0.3 is 0 Å². The molecule has 82 valence electrons. The van der Waals surface area contributed by atoms with Crippen LogP contribution in [-0.4, -0.2) is 5.25 Å². The number of thioether (sulfide) groups is 1. The number of hydrogen-bond donors (Lipinski definition) is 1. The normalized spacial score (nSPS) is 25.4. The van der Waals surface area contributed by atoms with Gasteiger partial charge in [-0.2, -0.15) is 11.8 Å². The van der Waals surface area contributed by atoms with Gasteiger partial charge in [0, 0.05) is 17.0 Å². The molecule has 15 heavy (non-hydrogen) atoms. The van der Waals surface area contributed by atoms with Gasteiger partial charge in [0.2, 0.25) is 0 Å². The van der Waals surface area contributed by atoms with Crippen LogP contribution in [0.5, 0.6) is 0 Å². The molecule has 0 saturated carbocycles. The van der Waals surface area contributed by atoms with E-state index in [0.717, 1.165) is 11.3 Å². The van der Waals surface area contributed by atoms with Crippen LogP contribution < -0.4 is 5.73 Å². The number of fused-ring (bicyclic) bond motifs is 1. The number of nitrogens with two attached hydrogens (primary N) is 1. The van der Waals surface area contributed by atoms with Crippen molar-refractivity contribution >= 4 is 11.8 Å². The molecule has 1 heterocycles. The van der Waals surface area contributed by atoms with Crippen LogP contribution in [0.15, 0.2) is 18.2 Å². The zero-order chi connectivity index (χ0) is 11.0. The Labute approximate surface area is 94.2 Å². The fourth-order valence-electron chi connectivity index (χ4n) is 2.08. The predicted octanol–water partition coefficient (Wildman–Crippen LogP) is 3.10. The van der Waals surface area contributed by atoms with Crippen molar-refractivity contribution in [1.29, 1.82) is 0 Å². The van der Waals surface area contributed by atoms with Crippen molar-refractivity contribution in [3.63, 3.8) is 0 Å². The van der Waals surface area contributed by atoms with Crippen LogP contribution in [0.25, 0.3) is 0 Å². The molecule has 0 radical (unpaired) electrons. The highest BCUT2D eigenvalue weighted by atomic mass is 32.2. The van der Waals surface area contributed by atoms with Gasteiger partial charge in [-0.05, 0) is 29.2 Å². The lowest BCUT2D eigenvalue weighted by Crippen LogP contribution is -2.32. The largest absolute Gasteiger partial charge is 0.323 e. The molecule has 1 aliphatic heterocycles. The molecule has 2 unspecified atom stereocenters. The van der Waals surface area contributed by atoms with Gasteiger partial charge < -0.3 is 5.73 Å². The van der Waals surface area contributed by atoms with Gasteiger partial charge in [-0.1, -0.05) is 19.9 Å². The maximum Gasteiger partial charge on any atom is 0.123 e. The summed E-state index contributed by atoms with van der Waals surface area (Å²) in [5.41, 5.74) is 8.35. The van der Waals surface area contributed by atoms with E-state index in [1.54, 1.807) is 6.07 Å². The van der Waals surface area contributed by atoms with E-state index in [2.05, 4.69) is 13.8 Å². The Bertz CT molecular complexity index is 365. The van der Waals surface area contributed by atoms with E-state index < -0.39 is 0 Å². The summed E-state index contributed by atoms with van der Waals surface area (Å²) in [6, 6.07) is 4.93. The molecule has 1 aromatic rings. The Morgan fingerprint density at radius 3 is 2.87 bits per heavy atom. The lowest BCUT2D eigenvalue weighted by Gasteiger charge is -2.33. The van der Waals surface area contributed by atoms with Crippen molar-refractivity contribution in [3.8, 4) is 0 Å². The van der Waals surface area contributed by atoms with Crippen molar-refractivity contribution in [2.75, 3.05) is 0 Å². The summed E-state index contributed by atoms with van der Waals surface area (Å²) in [5.74, 6) is 1.30. The van der Waals surface area contributed by atoms with Crippen molar-refractivity contribution in [1.82, 2.24) is 0 Å². The summed E-state index contributed by atoms with van der Waals surface area (Å²) < 4.78 is 13.1. The second-order valence-corrected chi connectivity index (χ2v) is 5.55. The maximum absolute atomic E-state index is 13.1. The fraction of sp³-hybridized carbons (Fsp3) is 0.500. The van der Waals surface area contributed by atoms with Crippen molar-refractivity contribution in [3.05, 3.63) is 35.1 Å². The van der Waals surface area contributed by atoms with Crippen molar-refractivity contribution in [2.45, 2.75) is 30.9 Å². The Morgan fingerprint density at radius 1 is 1.47 bits per heavy atom. The van der Waals surface area contributed by atoms with Crippen LogP contribution in [0.3, 0.4) is 0 Å². The van der Waals surface area contributed by atoms with E-state index in [-0.39, 0.29) is 11.9 Å². The molecule has 1 nitrogen and oxygen atoms in total.